The van der Waals surface area contributed by atoms with E-state index in [-0.39, 0.29) is 22.8 Å². The topological polar surface area (TPSA) is 138 Å². The maximum atomic E-state index is 12.3. The standard InChI is InChI=1S/C26H33N5O4/c1-26(2)15-35-13-12-20(26)31-23(27)21(24(28)32)22(30-31)17-10-8-16(9-11-17)14-29-25(33)18-6-4-5-7-19(18)34-3/h4-11,20,25,29,33H,12-15,27H2,1-3H3,(H2,28,32). The van der Waals surface area contributed by atoms with E-state index in [1.807, 2.05) is 42.5 Å². The number of primary amides is 1. The Labute approximate surface area is 205 Å². The molecule has 6 N–H and O–H groups in total. The number of amides is 1. The second-order valence-electron chi connectivity index (χ2n) is 9.49. The fourth-order valence-electron chi connectivity index (χ4n) is 4.60. The Morgan fingerprint density at radius 2 is 2.00 bits per heavy atom. The van der Waals surface area contributed by atoms with Gasteiger partial charge in [-0.3, -0.25) is 10.1 Å². The minimum Gasteiger partial charge on any atom is -0.496 e. The number of methoxy groups -OCH3 is 1. The van der Waals surface area contributed by atoms with E-state index in [1.165, 1.54) is 0 Å². The average Bonchev–Trinajstić information content (AvgIpc) is 3.19. The lowest BCUT2D eigenvalue weighted by Gasteiger charge is -2.38. The Hall–Kier alpha value is -3.40. The number of benzene rings is 2. The number of aliphatic hydroxyl groups excluding tert-OH is 1. The molecule has 1 aliphatic rings. The molecule has 0 radical (unpaired) electrons. The summed E-state index contributed by atoms with van der Waals surface area (Å²) in [4.78, 5) is 12.3. The van der Waals surface area contributed by atoms with Crippen LogP contribution in [0.3, 0.4) is 0 Å². The minimum absolute atomic E-state index is 0.0111. The molecule has 0 bridgehead atoms. The Kier molecular flexibility index (Phi) is 7.11. The molecule has 186 valence electrons. The molecule has 3 aromatic rings. The van der Waals surface area contributed by atoms with E-state index >= 15 is 0 Å². The lowest BCUT2D eigenvalue weighted by Crippen LogP contribution is -2.38. The van der Waals surface area contributed by atoms with Gasteiger partial charge in [0.15, 0.2) is 0 Å². The van der Waals surface area contributed by atoms with Crippen molar-refractivity contribution in [3.8, 4) is 17.0 Å². The van der Waals surface area contributed by atoms with E-state index in [0.29, 0.717) is 36.8 Å². The van der Waals surface area contributed by atoms with Crippen molar-refractivity contribution >= 4 is 11.7 Å². The molecule has 2 atom stereocenters. The van der Waals surface area contributed by atoms with Gasteiger partial charge in [0.2, 0.25) is 0 Å². The zero-order valence-corrected chi connectivity index (χ0v) is 20.3. The third-order valence-corrected chi connectivity index (χ3v) is 6.56. The number of carbonyl (C=O) groups is 1. The first-order valence-electron chi connectivity index (χ1n) is 11.6. The summed E-state index contributed by atoms with van der Waals surface area (Å²) < 4.78 is 12.7. The van der Waals surface area contributed by atoms with Crippen molar-refractivity contribution in [1.29, 1.82) is 0 Å². The van der Waals surface area contributed by atoms with Crippen LogP contribution in [0, 0.1) is 5.41 Å². The number of nitrogens with one attached hydrogen (secondary N) is 1. The molecule has 2 unspecified atom stereocenters. The van der Waals surface area contributed by atoms with Gasteiger partial charge in [-0.05, 0) is 18.1 Å². The van der Waals surface area contributed by atoms with Crippen LogP contribution < -0.4 is 21.5 Å². The van der Waals surface area contributed by atoms with Crippen molar-refractivity contribution in [2.24, 2.45) is 11.1 Å². The lowest BCUT2D eigenvalue weighted by molar-refractivity contribution is -0.0284. The van der Waals surface area contributed by atoms with Gasteiger partial charge in [-0.1, -0.05) is 56.3 Å². The number of rotatable bonds is 8. The summed E-state index contributed by atoms with van der Waals surface area (Å²) in [6.45, 7) is 5.82. The zero-order valence-electron chi connectivity index (χ0n) is 20.3. The number of nitrogens with zero attached hydrogens (tertiary/aromatic N) is 2. The van der Waals surface area contributed by atoms with E-state index < -0.39 is 12.1 Å². The van der Waals surface area contributed by atoms with Crippen molar-refractivity contribution in [2.45, 2.75) is 39.1 Å². The van der Waals surface area contributed by atoms with Crippen LogP contribution >= 0.6 is 0 Å². The van der Waals surface area contributed by atoms with Gasteiger partial charge < -0.3 is 26.0 Å². The number of nitrogen functional groups attached to an aromatic ring is 1. The first-order valence-corrected chi connectivity index (χ1v) is 11.6. The highest BCUT2D eigenvalue weighted by molar-refractivity contribution is 6.03. The van der Waals surface area contributed by atoms with E-state index in [9.17, 15) is 9.90 Å². The molecule has 0 spiro atoms. The molecular weight excluding hydrogens is 446 g/mol. The molecule has 9 nitrogen and oxygen atoms in total. The quantitative estimate of drug-likeness (QED) is 0.364. The smallest absolute Gasteiger partial charge is 0.254 e. The molecule has 1 saturated heterocycles. The molecule has 2 heterocycles. The summed E-state index contributed by atoms with van der Waals surface area (Å²) >= 11 is 0. The predicted molar refractivity (Wildman–Crippen MR) is 134 cm³/mol. The predicted octanol–water partition coefficient (Wildman–Crippen LogP) is 3.01. The van der Waals surface area contributed by atoms with Crippen LogP contribution in [0.15, 0.2) is 48.5 Å². The summed E-state index contributed by atoms with van der Waals surface area (Å²) in [6.07, 6.45) is -0.138. The second kappa shape index (κ2) is 10.1. The SMILES string of the molecule is COc1ccccc1C(O)NCc1ccc(-c2nn(C3CCOCC3(C)C)c(N)c2C(N)=O)cc1. The van der Waals surface area contributed by atoms with Gasteiger partial charge >= 0.3 is 0 Å². The maximum absolute atomic E-state index is 12.3. The van der Waals surface area contributed by atoms with Gasteiger partial charge in [-0.15, -0.1) is 0 Å². The van der Waals surface area contributed by atoms with Crippen LogP contribution in [0.4, 0.5) is 5.82 Å². The fraction of sp³-hybridized carbons (Fsp3) is 0.385. The van der Waals surface area contributed by atoms with Gasteiger partial charge in [0.1, 0.15) is 29.1 Å². The summed E-state index contributed by atoms with van der Waals surface area (Å²) in [5.41, 5.74) is 14.9. The van der Waals surface area contributed by atoms with Crippen LogP contribution in [-0.2, 0) is 11.3 Å². The normalized spacial score (nSPS) is 18.2. The number of aromatic nitrogens is 2. The van der Waals surface area contributed by atoms with Crippen molar-refractivity contribution in [2.75, 3.05) is 26.1 Å². The monoisotopic (exact) mass is 479 g/mol. The van der Waals surface area contributed by atoms with Crippen LogP contribution in [-0.4, -0.2) is 41.1 Å². The second-order valence-corrected chi connectivity index (χ2v) is 9.49. The Morgan fingerprint density at radius 3 is 2.66 bits per heavy atom. The average molecular weight is 480 g/mol. The zero-order chi connectivity index (χ0) is 25.2. The highest BCUT2D eigenvalue weighted by Crippen LogP contribution is 2.40. The Morgan fingerprint density at radius 1 is 1.29 bits per heavy atom. The molecule has 1 amide bonds. The Bertz CT molecular complexity index is 1190. The van der Waals surface area contributed by atoms with E-state index in [4.69, 9.17) is 26.0 Å². The van der Waals surface area contributed by atoms with E-state index in [0.717, 1.165) is 17.5 Å². The number of anilines is 1. The largest absolute Gasteiger partial charge is 0.496 e. The van der Waals surface area contributed by atoms with Gasteiger partial charge in [-0.2, -0.15) is 5.10 Å². The molecule has 9 heteroatoms. The number of aliphatic hydroxyl groups is 1. The molecular formula is C26H33N5O4. The van der Waals surface area contributed by atoms with E-state index in [2.05, 4.69) is 19.2 Å². The molecule has 1 fully saturated rings. The third kappa shape index (κ3) is 5.02. The highest BCUT2D eigenvalue weighted by atomic mass is 16.5. The van der Waals surface area contributed by atoms with Crippen molar-refractivity contribution in [1.82, 2.24) is 15.1 Å². The number of ether oxygens (including phenoxy) is 2. The number of hydrogen-bond acceptors (Lipinski definition) is 7. The first-order chi connectivity index (χ1) is 16.7. The summed E-state index contributed by atoms with van der Waals surface area (Å²) in [7, 11) is 1.57. The number of para-hydroxylation sites is 1. The minimum atomic E-state index is -0.884. The first kappa shape index (κ1) is 24.7. The maximum Gasteiger partial charge on any atom is 0.254 e. The number of hydrogen-bond donors (Lipinski definition) is 4. The van der Waals surface area contributed by atoms with E-state index in [1.54, 1.807) is 17.9 Å². The fourth-order valence-corrected chi connectivity index (χ4v) is 4.60. The summed E-state index contributed by atoms with van der Waals surface area (Å²) in [5.74, 6) is 0.278. The number of nitrogens with two attached hydrogens (primary N) is 2. The van der Waals surface area contributed by atoms with Gasteiger partial charge in [0.25, 0.3) is 5.91 Å². The van der Waals surface area contributed by atoms with Gasteiger partial charge in [0.05, 0.1) is 19.8 Å². The molecule has 0 aliphatic carbocycles. The van der Waals surface area contributed by atoms with Crippen LogP contribution in [0.2, 0.25) is 0 Å². The summed E-state index contributed by atoms with van der Waals surface area (Å²) in [6, 6.07) is 14.9. The third-order valence-electron chi connectivity index (χ3n) is 6.56. The lowest BCUT2D eigenvalue weighted by atomic mass is 9.82. The molecule has 0 saturated carbocycles. The van der Waals surface area contributed by atoms with Crippen molar-refractivity contribution in [3.63, 3.8) is 0 Å². The molecule has 2 aromatic carbocycles. The Balaban J connectivity index is 1.55. The van der Waals surface area contributed by atoms with Gasteiger partial charge in [-0.25, -0.2) is 4.68 Å². The van der Waals surface area contributed by atoms with Crippen molar-refractivity contribution < 1.29 is 19.4 Å². The molecule has 4 rings (SSSR count). The van der Waals surface area contributed by atoms with Crippen LogP contribution in [0.25, 0.3) is 11.3 Å². The number of carbonyl (C=O) groups excluding carboxylic acids is 1. The van der Waals surface area contributed by atoms with Crippen LogP contribution in [0.1, 0.15) is 54.0 Å². The van der Waals surface area contributed by atoms with Crippen LogP contribution in [0.5, 0.6) is 5.75 Å². The summed E-state index contributed by atoms with van der Waals surface area (Å²) in [5, 5.41) is 18.4. The highest BCUT2D eigenvalue weighted by Gasteiger charge is 2.37. The molecule has 35 heavy (non-hydrogen) atoms. The molecule has 1 aromatic heterocycles. The van der Waals surface area contributed by atoms with Gasteiger partial charge in [0, 0.05) is 29.7 Å². The van der Waals surface area contributed by atoms with Crippen molar-refractivity contribution in [3.05, 3.63) is 65.2 Å². The molecule has 1 aliphatic heterocycles.